The number of tetrazole rings is 1. The van der Waals surface area contributed by atoms with Crippen molar-refractivity contribution in [3.8, 4) is 5.69 Å². The van der Waals surface area contributed by atoms with Gasteiger partial charge in [0, 0.05) is 11.7 Å². The van der Waals surface area contributed by atoms with E-state index in [2.05, 4.69) is 52.9 Å². The molecular formula is C14H19N5. The van der Waals surface area contributed by atoms with Crippen LogP contribution in [0.5, 0.6) is 0 Å². The minimum absolute atomic E-state index is 0.587. The normalized spacial score (nSPS) is 16.3. The first kappa shape index (κ1) is 12.1. The number of hydrogen-bond acceptors (Lipinski definition) is 4. The van der Waals surface area contributed by atoms with E-state index in [1.165, 1.54) is 19.3 Å². The van der Waals surface area contributed by atoms with Crippen LogP contribution in [0.2, 0.25) is 0 Å². The highest BCUT2D eigenvalue weighted by atomic mass is 15.5. The minimum Gasteiger partial charge on any atom is -0.382 e. The molecule has 1 N–H and O–H groups in total. The molecule has 0 saturated heterocycles. The molecule has 5 heteroatoms. The Morgan fingerprint density at radius 2 is 2.26 bits per heavy atom. The molecule has 0 aliphatic heterocycles. The van der Waals surface area contributed by atoms with Crippen molar-refractivity contribution in [2.24, 2.45) is 5.92 Å². The molecule has 0 radical (unpaired) electrons. The zero-order chi connectivity index (χ0) is 13.2. The van der Waals surface area contributed by atoms with Crippen molar-refractivity contribution in [1.29, 1.82) is 0 Å². The molecule has 100 valence electrons. The van der Waals surface area contributed by atoms with Gasteiger partial charge in [0.1, 0.15) is 6.33 Å². The lowest BCUT2D eigenvalue weighted by Gasteiger charge is -2.18. The largest absolute Gasteiger partial charge is 0.382 e. The summed E-state index contributed by atoms with van der Waals surface area (Å²) in [6.45, 7) is 4.31. The van der Waals surface area contributed by atoms with E-state index < -0.39 is 0 Å². The minimum atomic E-state index is 0.587. The maximum absolute atomic E-state index is 3.96. The predicted octanol–water partition coefficient (Wildman–Crippen LogP) is 2.57. The van der Waals surface area contributed by atoms with Gasteiger partial charge in [-0.2, -0.15) is 0 Å². The highest BCUT2D eigenvalue weighted by molar-refractivity contribution is 5.55. The Hall–Kier alpha value is -1.91. The topological polar surface area (TPSA) is 55.6 Å². The number of rotatable bonds is 5. The third-order valence-electron chi connectivity index (χ3n) is 3.79. The maximum Gasteiger partial charge on any atom is 0.143 e. The molecule has 1 heterocycles. The number of nitrogens with one attached hydrogen (secondary N) is 1. The van der Waals surface area contributed by atoms with Crippen LogP contribution in [0.3, 0.4) is 0 Å². The van der Waals surface area contributed by atoms with E-state index >= 15 is 0 Å². The lowest BCUT2D eigenvalue weighted by atomic mass is 10.1. The second-order valence-corrected chi connectivity index (χ2v) is 5.25. The first-order chi connectivity index (χ1) is 9.28. The Morgan fingerprint density at radius 1 is 1.42 bits per heavy atom. The van der Waals surface area contributed by atoms with Crippen molar-refractivity contribution >= 4 is 5.69 Å². The van der Waals surface area contributed by atoms with Gasteiger partial charge < -0.3 is 5.32 Å². The Balaban J connectivity index is 1.84. The second-order valence-electron chi connectivity index (χ2n) is 5.25. The molecule has 0 spiro atoms. The molecule has 3 rings (SSSR count). The zero-order valence-electron chi connectivity index (χ0n) is 11.4. The first-order valence-electron chi connectivity index (χ1n) is 6.88. The van der Waals surface area contributed by atoms with Gasteiger partial charge in [-0.3, -0.25) is 0 Å². The molecule has 1 fully saturated rings. The summed E-state index contributed by atoms with van der Waals surface area (Å²) in [5.74, 6) is 0.850. The highest BCUT2D eigenvalue weighted by Gasteiger charge is 2.29. The van der Waals surface area contributed by atoms with Gasteiger partial charge in [-0.25, -0.2) is 4.68 Å². The van der Waals surface area contributed by atoms with Gasteiger partial charge in [0.05, 0.1) is 5.69 Å². The van der Waals surface area contributed by atoms with Gasteiger partial charge in [-0.15, -0.1) is 5.10 Å². The van der Waals surface area contributed by atoms with Crippen molar-refractivity contribution < 1.29 is 0 Å². The summed E-state index contributed by atoms with van der Waals surface area (Å²) >= 11 is 0. The SMILES string of the molecule is CCC(Nc1ccc(C)c(-n2cnnn2)c1)C1CC1. The van der Waals surface area contributed by atoms with Gasteiger partial charge in [0.15, 0.2) is 0 Å². The second kappa shape index (κ2) is 4.99. The van der Waals surface area contributed by atoms with Crippen LogP contribution in [0.15, 0.2) is 24.5 Å². The smallest absolute Gasteiger partial charge is 0.143 e. The van der Waals surface area contributed by atoms with Crippen molar-refractivity contribution in [3.63, 3.8) is 0 Å². The highest BCUT2D eigenvalue weighted by Crippen LogP contribution is 2.35. The van der Waals surface area contributed by atoms with Crippen LogP contribution in [0, 0.1) is 12.8 Å². The average Bonchev–Trinajstić information content (AvgIpc) is 3.12. The molecule has 1 saturated carbocycles. The molecule has 19 heavy (non-hydrogen) atoms. The fraction of sp³-hybridized carbons (Fsp3) is 0.500. The van der Waals surface area contributed by atoms with E-state index in [4.69, 9.17) is 0 Å². The number of hydrogen-bond donors (Lipinski definition) is 1. The van der Waals surface area contributed by atoms with E-state index in [0.717, 1.165) is 22.9 Å². The fourth-order valence-corrected chi connectivity index (χ4v) is 2.48. The molecule has 1 unspecified atom stereocenters. The molecular weight excluding hydrogens is 238 g/mol. The third kappa shape index (κ3) is 2.59. The van der Waals surface area contributed by atoms with Crippen LogP contribution < -0.4 is 5.32 Å². The van der Waals surface area contributed by atoms with Crippen molar-refractivity contribution in [3.05, 3.63) is 30.1 Å². The molecule has 1 aromatic heterocycles. The molecule has 0 amide bonds. The molecule has 0 bridgehead atoms. The Bertz CT molecular complexity index is 545. The van der Waals surface area contributed by atoms with Crippen molar-refractivity contribution in [2.45, 2.75) is 39.2 Å². The number of benzene rings is 1. The summed E-state index contributed by atoms with van der Waals surface area (Å²) < 4.78 is 1.71. The van der Waals surface area contributed by atoms with Crippen LogP contribution >= 0.6 is 0 Å². The van der Waals surface area contributed by atoms with Crippen molar-refractivity contribution in [1.82, 2.24) is 20.2 Å². The summed E-state index contributed by atoms with van der Waals surface area (Å²) in [6.07, 6.45) is 5.51. The Morgan fingerprint density at radius 3 is 2.89 bits per heavy atom. The molecule has 1 aliphatic rings. The third-order valence-corrected chi connectivity index (χ3v) is 3.79. The molecule has 1 aliphatic carbocycles. The first-order valence-corrected chi connectivity index (χ1v) is 6.88. The van der Waals surface area contributed by atoms with E-state index in [1.54, 1.807) is 11.0 Å². The predicted molar refractivity (Wildman–Crippen MR) is 74.3 cm³/mol. The summed E-state index contributed by atoms with van der Waals surface area (Å²) in [5, 5.41) is 15.0. The lowest BCUT2D eigenvalue weighted by Crippen LogP contribution is -2.20. The van der Waals surface area contributed by atoms with Crippen LogP contribution in [-0.4, -0.2) is 26.2 Å². The molecule has 1 aromatic carbocycles. The molecule has 2 aromatic rings. The van der Waals surface area contributed by atoms with E-state index in [-0.39, 0.29) is 0 Å². The number of aromatic nitrogens is 4. The standard InChI is InChI=1S/C14H19N5/c1-3-13(11-5-6-11)16-12-7-4-10(2)14(8-12)19-9-15-17-18-19/h4,7-9,11,13,16H,3,5-6H2,1-2H3. The summed E-state index contributed by atoms with van der Waals surface area (Å²) in [5.41, 5.74) is 3.34. The Kier molecular flexibility index (Phi) is 3.19. The number of nitrogens with zero attached hydrogens (tertiary/aromatic N) is 4. The van der Waals surface area contributed by atoms with Crippen LogP contribution in [0.1, 0.15) is 31.7 Å². The van der Waals surface area contributed by atoms with E-state index in [0.29, 0.717) is 6.04 Å². The average molecular weight is 257 g/mol. The zero-order valence-corrected chi connectivity index (χ0v) is 11.4. The van der Waals surface area contributed by atoms with Crippen LogP contribution in [0.25, 0.3) is 5.69 Å². The summed E-state index contributed by atoms with van der Waals surface area (Å²) in [6, 6.07) is 6.95. The van der Waals surface area contributed by atoms with Crippen molar-refractivity contribution in [2.75, 3.05) is 5.32 Å². The van der Waals surface area contributed by atoms with Crippen LogP contribution in [0.4, 0.5) is 5.69 Å². The van der Waals surface area contributed by atoms with E-state index in [9.17, 15) is 0 Å². The van der Waals surface area contributed by atoms with Gasteiger partial charge >= 0.3 is 0 Å². The lowest BCUT2D eigenvalue weighted by molar-refractivity contribution is 0.616. The summed E-state index contributed by atoms with van der Waals surface area (Å²) in [4.78, 5) is 0. The number of aryl methyl sites for hydroxylation is 1. The number of anilines is 1. The summed E-state index contributed by atoms with van der Waals surface area (Å²) in [7, 11) is 0. The van der Waals surface area contributed by atoms with Gasteiger partial charge in [-0.05, 0) is 60.2 Å². The quantitative estimate of drug-likeness (QED) is 0.894. The molecule has 1 atom stereocenters. The van der Waals surface area contributed by atoms with E-state index in [1.807, 2.05) is 0 Å². The molecule has 5 nitrogen and oxygen atoms in total. The van der Waals surface area contributed by atoms with Gasteiger partial charge in [0.25, 0.3) is 0 Å². The van der Waals surface area contributed by atoms with Gasteiger partial charge in [-0.1, -0.05) is 13.0 Å². The van der Waals surface area contributed by atoms with Crippen LogP contribution in [-0.2, 0) is 0 Å². The Labute approximate surface area is 113 Å². The fourth-order valence-electron chi connectivity index (χ4n) is 2.48. The van der Waals surface area contributed by atoms with Gasteiger partial charge in [0.2, 0.25) is 0 Å². The maximum atomic E-state index is 3.96. The monoisotopic (exact) mass is 257 g/mol.